The minimum Gasteiger partial charge on any atom is -0.286 e. The second kappa shape index (κ2) is 12.3. The Hall–Kier alpha value is -2.56. The van der Waals surface area contributed by atoms with Crippen LogP contribution < -0.4 is 0 Å². The third kappa shape index (κ3) is 6.71. The molecule has 2 aromatic rings. The fourth-order valence-corrected chi connectivity index (χ4v) is 5.20. The van der Waals surface area contributed by atoms with Gasteiger partial charge in [0.2, 0.25) is 10.2 Å². The molecule has 0 aromatic heterocycles. The van der Waals surface area contributed by atoms with Gasteiger partial charge in [0, 0.05) is 11.5 Å². The van der Waals surface area contributed by atoms with Crippen LogP contribution in [0.25, 0.3) is 24.3 Å². The molecule has 0 aliphatic rings. The molecule has 160 valence electrons. The van der Waals surface area contributed by atoms with Crippen molar-refractivity contribution in [2.75, 3.05) is 0 Å². The zero-order valence-electron chi connectivity index (χ0n) is 17.9. The van der Waals surface area contributed by atoms with Gasteiger partial charge in [-0.15, -0.1) is 0 Å². The summed E-state index contributed by atoms with van der Waals surface area (Å²) in [6.45, 7) is 17.1. The normalized spacial score (nSPS) is 10.5. The second-order valence-corrected chi connectivity index (χ2v) is 8.87. The fraction of sp³-hybridized carbons (Fsp3) is 0.185. The average molecular weight is 449 g/mol. The van der Waals surface area contributed by atoms with E-state index in [0.717, 1.165) is 33.4 Å². The molecule has 0 aliphatic heterocycles. The highest BCUT2D eigenvalue weighted by Gasteiger charge is 2.25. The third-order valence-electron chi connectivity index (χ3n) is 4.97. The van der Waals surface area contributed by atoms with Crippen LogP contribution in [0.15, 0.2) is 62.7 Å². The second-order valence-electron chi connectivity index (χ2n) is 6.91. The van der Waals surface area contributed by atoms with Gasteiger partial charge < -0.3 is 0 Å². The highest BCUT2D eigenvalue weighted by atomic mass is 32.2. The van der Waals surface area contributed by atoms with Gasteiger partial charge >= 0.3 is 0 Å². The topological polar surface area (TPSA) is 34.1 Å². The molecular formula is C27H28O2S2. The Bertz CT molecular complexity index is 925. The zero-order valence-corrected chi connectivity index (χ0v) is 19.6. The minimum absolute atomic E-state index is 0.0891. The van der Waals surface area contributed by atoms with Crippen molar-refractivity contribution in [1.29, 1.82) is 0 Å². The lowest BCUT2D eigenvalue weighted by Crippen LogP contribution is -2.19. The minimum atomic E-state index is -0.616. The van der Waals surface area contributed by atoms with Gasteiger partial charge in [-0.1, -0.05) is 105 Å². The van der Waals surface area contributed by atoms with Crippen LogP contribution in [-0.4, -0.2) is 10.2 Å². The molecule has 0 heterocycles. The molecule has 4 heteroatoms. The number of hydrogen-bond acceptors (Lipinski definition) is 4. The van der Waals surface area contributed by atoms with Gasteiger partial charge in [-0.3, -0.25) is 9.59 Å². The number of hydrogen-bond donors (Lipinski definition) is 0. The van der Waals surface area contributed by atoms with Crippen LogP contribution in [0.1, 0.15) is 46.7 Å². The van der Waals surface area contributed by atoms with E-state index >= 15 is 0 Å². The third-order valence-corrected chi connectivity index (χ3v) is 7.02. The zero-order chi connectivity index (χ0) is 22.8. The highest BCUT2D eigenvalue weighted by molar-refractivity contribution is 8.15. The van der Waals surface area contributed by atoms with E-state index in [-0.39, 0.29) is 10.2 Å². The molecule has 0 bridgehead atoms. The van der Waals surface area contributed by atoms with Gasteiger partial charge in [-0.25, -0.2) is 0 Å². The van der Waals surface area contributed by atoms with Gasteiger partial charge in [-0.05, 0) is 51.9 Å². The standard InChI is InChI=1S/C27H28O2S2/c1-6-19-11-13-23(21(8-3)15-19)17-30-26(28)25(10-5)27(29)31-18-24-14-12-20(7-2)16-22(24)9-4/h6-9,11-16,25H,1-4,10,17-18H2,5H3. The molecule has 0 N–H and O–H groups in total. The lowest BCUT2D eigenvalue weighted by Gasteiger charge is -2.13. The Balaban J connectivity index is 2.01. The summed E-state index contributed by atoms with van der Waals surface area (Å²) in [6, 6.07) is 11.9. The summed E-state index contributed by atoms with van der Waals surface area (Å²) in [5, 5.41) is -0.178. The summed E-state index contributed by atoms with van der Waals surface area (Å²) in [5.74, 6) is 0.403. The van der Waals surface area contributed by atoms with E-state index in [0.29, 0.717) is 17.9 Å². The number of rotatable bonds is 11. The molecule has 0 saturated heterocycles. The monoisotopic (exact) mass is 448 g/mol. The Labute approximate surface area is 194 Å². The smallest absolute Gasteiger partial charge is 0.200 e. The molecule has 0 saturated carbocycles. The van der Waals surface area contributed by atoms with E-state index in [1.54, 1.807) is 24.3 Å². The summed E-state index contributed by atoms with van der Waals surface area (Å²) in [4.78, 5) is 25.6. The van der Waals surface area contributed by atoms with Crippen molar-refractivity contribution in [2.45, 2.75) is 24.9 Å². The Kier molecular flexibility index (Phi) is 9.83. The summed E-state index contributed by atoms with van der Waals surface area (Å²) < 4.78 is 0. The molecule has 2 nitrogen and oxygen atoms in total. The summed E-state index contributed by atoms with van der Waals surface area (Å²) >= 11 is 2.39. The molecule has 0 amide bonds. The van der Waals surface area contributed by atoms with Crippen LogP contribution >= 0.6 is 23.5 Å². The van der Waals surface area contributed by atoms with Crippen LogP contribution in [0.2, 0.25) is 0 Å². The quantitative estimate of drug-likeness (QED) is 0.333. The molecule has 0 radical (unpaired) electrons. The summed E-state index contributed by atoms with van der Waals surface area (Å²) in [6.07, 6.45) is 7.60. The SMILES string of the molecule is C=Cc1ccc(CSC(=O)C(CC)C(=O)SCc2ccc(C=C)cc2C=C)c(C=C)c1. The van der Waals surface area contributed by atoms with Crippen molar-refractivity contribution in [1.82, 2.24) is 0 Å². The van der Waals surface area contributed by atoms with E-state index in [4.69, 9.17) is 0 Å². The van der Waals surface area contributed by atoms with E-state index < -0.39 is 5.92 Å². The Morgan fingerprint density at radius 1 is 0.774 bits per heavy atom. The summed E-state index contributed by atoms with van der Waals surface area (Å²) in [5.41, 5.74) is 6.01. The van der Waals surface area contributed by atoms with E-state index in [9.17, 15) is 9.59 Å². The number of thioether (sulfide) groups is 2. The van der Waals surface area contributed by atoms with Crippen molar-refractivity contribution in [3.63, 3.8) is 0 Å². The van der Waals surface area contributed by atoms with Crippen LogP contribution in [0.3, 0.4) is 0 Å². The Morgan fingerprint density at radius 3 is 1.52 bits per heavy atom. The maximum Gasteiger partial charge on any atom is 0.200 e. The molecule has 0 aliphatic carbocycles. The predicted molar refractivity (Wildman–Crippen MR) is 140 cm³/mol. The van der Waals surface area contributed by atoms with Crippen LogP contribution in [0, 0.1) is 5.92 Å². The molecule has 2 rings (SSSR count). The van der Waals surface area contributed by atoms with Gasteiger partial charge in [0.15, 0.2) is 0 Å². The summed E-state index contributed by atoms with van der Waals surface area (Å²) in [7, 11) is 0. The average Bonchev–Trinajstić information content (AvgIpc) is 2.81. The van der Waals surface area contributed by atoms with E-state index in [1.807, 2.05) is 43.3 Å². The highest BCUT2D eigenvalue weighted by Crippen LogP contribution is 2.28. The molecular weight excluding hydrogens is 420 g/mol. The van der Waals surface area contributed by atoms with Crippen molar-refractivity contribution < 1.29 is 9.59 Å². The van der Waals surface area contributed by atoms with Gasteiger partial charge in [0.1, 0.15) is 0 Å². The fourth-order valence-electron chi connectivity index (χ4n) is 3.05. The Morgan fingerprint density at radius 2 is 1.19 bits per heavy atom. The predicted octanol–water partition coefficient (Wildman–Crippen LogP) is 7.50. The molecule has 0 fully saturated rings. The maximum atomic E-state index is 12.8. The van der Waals surface area contributed by atoms with Crippen LogP contribution in [0.5, 0.6) is 0 Å². The van der Waals surface area contributed by atoms with Crippen molar-refractivity contribution in [2.24, 2.45) is 5.92 Å². The van der Waals surface area contributed by atoms with Crippen molar-refractivity contribution in [3.05, 3.63) is 96.1 Å². The number of benzene rings is 2. The van der Waals surface area contributed by atoms with Gasteiger partial charge in [0.05, 0.1) is 5.92 Å². The number of carbonyl (C=O) groups is 2. The van der Waals surface area contributed by atoms with Crippen molar-refractivity contribution >= 4 is 58.1 Å². The molecule has 0 atom stereocenters. The molecule has 2 aromatic carbocycles. The van der Waals surface area contributed by atoms with Crippen molar-refractivity contribution in [3.8, 4) is 0 Å². The molecule has 0 unspecified atom stereocenters. The van der Waals surface area contributed by atoms with Crippen LogP contribution in [0.4, 0.5) is 0 Å². The molecule has 31 heavy (non-hydrogen) atoms. The number of carbonyl (C=O) groups excluding carboxylic acids is 2. The molecule has 0 spiro atoms. The van der Waals surface area contributed by atoms with E-state index in [2.05, 4.69) is 26.3 Å². The lowest BCUT2D eigenvalue weighted by atomic mass is 10.1. The van der Waals surface area contributed by atoms with Crippen LogP contribution in [-0.2, 0) is 21.1 Å². The first-order chi connectivity index (χ1) is 15.0. The van der Waals surface area contributed by atoms with Gasteiger partial charge in [0.25, 0.3) is 0 Å². The van der Waals surface area contributed by atoms with E-state index in [1.165, 1.54) is 23.5 Å². The maximum absolute atomic E-state index is 12.8. The first kappa shape index (κ1) is 24.7. The first-order valence-corrected chi connectivity index (χ1v) is 12.0. The lowest BCUT2D eigenvalue weighted by molar-refractivity contribution is -0.123. The largest absolute Gasteiger partial charge is 0.286 e. The first-order valence-electron chi connectivity index (χ1n) is 10.1. The van der Waals surface area contributed by atoms with Gasteiger partial charge in [-0.2, -0.15) is 0 Å².